The van der Waals surface area contributed by atoms with Gasteiger partial charge in [-0.15, -0.1) is 0 Å². The highest BCUT2D eigenvalue weighted by Gasteiger charge is 2.02. The van der Waals surface area contributed by atoms with Gasteiger partial charge in [0.15, 0.2) is 6.29 Å². The van der Waals surface area contributed by atoms with Crippen molar-refractivity contribution in [3.63, 3.8) is 0 Å². The first-order valence-corrected chi connectivity index (χ1v) is 4.14. The standard InChI is InChI=1S/C9H19NO2/c1-8(2)9(11)12-7-5-6-10(3)4/h9,11H,1,5-7H2,2-4H3. The van der Waals surface area contributed by atoms with Crippen LogP contribution >= 0.6 is 0 Å². The van der Waals surface area contributed by atoms with Gasteiger partial charge < -0.3 is 14.7 Å². The van der Waals surface area contributed by atoms with E-state index >= 15 is 0 Å². The molecule has 0 aromatic heterocycles. The lowest BCUT2D eigenvalue weighted by Gasteiger charge is -2.13. The molecular formula is C9H19NO2. The summed E-state index contributed by atoms with van der Waals surface area (Å²) in [4.78, 5) is 2.08. The molecule has 3 nitrogen and oxygen atoms in total. The molecule has 0 fully saturated rings. The van der Waals surface area contributed by atoms with Crippen molar-refractivity contribution in [3.8, 4) is 0 Å². The quantitative estimate of drug-likeness (QED) is 0.367. The number of aliphatic hydroxyl groups is 1. The van der Waals surface area contributed by atoms with Gasteiger partial charge in [-0.3, -0.25) is 0 Å². The average molecular weight is 173 g/mol. The minimum absolute atomic E-state index is 0.576. The molecular weight excluding hydrogens is 154 g/mol. The van der Waals surface area contributed by atoms with Crippen LogP contribution in [0.25, 0.3) is 0 Å². The summed E-state index contributed by atoms with van der Waals surface area (Å²) >= 11 is 0. The molecule has 0 amide bonds. The van der Waals surface area contributed by atoms with Gasteiger partial charge in [0.05, 0.1) is 6.61 Å². The van der Waals surface area contributed by atoms with E-state index in [1.54, 1.807) is 6.92 Å². The van der Waals surface area contributed by atoms with Gasteiger partial charge in [0, 0.05) is 0 Å². The van der Waals surface area contributed by atoms with Crippen LogP contribution < -0.4 is 0 Å². The minimum atomic E-state index is -0.799. The van der Waals surface area contributed by atoms with Crippen LogP contribution in [0, 0.1) is 0 Å². The van der Waals surface area contributed by atoms with Gasteiger partial charge in [-0.2, -0.15) is 0 Å². The molecule has 0 saturated heterocycles. The lowest BCUT2D eigenvalue weighted by Crippen LogP contribution is -2.18. The molecule has 0 rings (SSSR count). The van der Waals surface area contributed by atoms with E-state index < -0.39 is 6.29 Å². The van der Waals surface area contributed by atoms with Crippen molar-refractivity contribution in [2.24, 2.45) is 0 Å². The summed E-state index contributed by atoms with van der Waals surface area (Å²) in [5.74, 6) is 0. The zero-order chi connectivity index (χ0) is 9.56. The molecule has 0 aromatic carbocycles. The van der Waals surface area contributed by atoms with Crippen LogP contribution in [-0.2, 0) is 4.74 Å². The van der Waals surface area contributed by atoms with Gasteiger partial charge in [-0.05, 0) is 39.6 Å². The smallest absolute Gasteiger partial charge is 0.176 e. The monoisotopic (exact) mass is 173 g/mol. The van der Waals surface area contributed by atoms with E-state index in [2.05, 4.69) is 11.5 Å². The summed E-state index contributed by atoms with van der Waals surface area (Å²) in [6, 6.07) is 0. The normalized spacial score (nSPS) is 13.4. The second-order valence-corrected chi connectivity index (χ2v) is 3.23. The topological polar surface area (TPSA) is 32.7 Å². The Kier molecular flexibility index (Phi) is 5.98. The fourth-order valence-electron chi connectivity index (χ4n) is 0.718. The number of aliphatic hydroxyl groups excluding tert-OH is 1. The third-order valence-corrected chi connectivity index (χ3v) is 1.45. The van der Waals surface area contributed by atoms with Gasteiger partial charge >= 0.3 is 0 Å². The molecule has 0 aliphatic carbocycles. The molecule has 1 N–H and O–H groups in total. The van der Waals surface area contributed by atoms with E-state index in [9.17, 15) is 0 Å². The van der Waals surface area contributed by atoms with Crippen LogP contribution in [0.1, 0.15) is 13.3 Å². The summed E-state index contributed by atoms with van der Waals surface area (Å²) in [5, 5.41) is 9.16. The first-order valence-electron chi connectivity index (χ1n) is 4.14. The van der Waals surface area contributed by atoms with Gasteiger partial charge in [0.2, 0.25) is 0 Å². The summed E-state index contributed by atoms with van der Waals surface area (Å²) in [7, 11) is 4.02. The van der Waals surface area contributed by atoms with Crippen LogP contribution in [0.4, 0.5) is 0 Å². The van der Waals surface area contributed by atoms with Crippen molar-refractivity contribution in [1.82, 2.24) is 4.90 Å². The third kappa shape index (κ3) is 6.34. The van der Waals surface area contributed by atoms with Gasteiger partial charge in [-0.1, -0.05) is 6.58 Å². The Hall–Kier alpha value is -0.380. The van der Waals surface area contributed by atoms with Crippen molar-refractivity contribution in [2.45, 2.75) is 19.6 Å². The number of hydrogen-bond acceptors (Lipinski definition) is 3. The molecule has 72 valence electrons. The summed E-state index contributed by atoms with van der Waals surface area (Å²) in [6.45, 7) is 6.88. The summed E-state index contributed by atoms with van der Waals surface area (Å²) < 4.78 is 5.08. The predicted octanol–water partition coefficient (Wildman–Crippen LogP) is 0.849. The Morgan fingerprint density at radius 1 is 1.58 bits per heavy atom. The molecule has 0 radical (unpaired) electrons. The summed E-state index contributed by atoms with van der Waals surface area (Å²) in [5.41, 5.74) is 0.653. The second kappa shape index (κ2) is 6.17. The van der Waals surface area contributed by atoms with Crippen LogP contribution in [0.3, 0.4) is 0 Å². The highest BCUT2D eigenvalue weighted by atomic mass is 16.6. The van der Waals surface area contributed by atoms with Crippen molar-refractivity contribution < 1.29 is 9.84 Å². The van der Waals surface area contributed by atoms with Crippen molar-refractivity contribution in [2.75, 3.05) is 27.2 Å². The first kappa shape index (κ1) is 11.6. The van der Waals surface area contributed by atoms with Crippen LogP contribution in [-0.4, -0.2) is 43.5 Å². The molecule has 3 heteroatoms. The van der Waals surface area contributed by atoms with Crippen molar-refractivity contribution in [1.29, 1.82) is 0 Å². The van der Waals surface area contributed by atoms with Gasteiger partial charge in [0.1, 0.15) is 0 Å². The molecule has 0 saturated carbocycles. The van der Waals surface area contributed by atoms with E-state index in [4.69, 9.17) is 9.84 Å². The maximum absolute atomic E-state index is 9.16. The van der Waals surface area contributed by atoms with Gasteiger partial charge in [0.25, 0.3) is 0 Å². The van der Waals surface area contributed by atoms with E-state index in [0.717, 1.165) is 13.0 Å². The van der Waals surface area contributed by atoms with Crippen LogP contribution in [0.2, 0.25) is 0 Å². The van der Waals surface area contributed by atoms with E-state index in [1.807, 2.05) is 14.1 Å². The third-order valence-electron chi connectivity index (χ3n) is 1.45. The number of ether oxygens (including phenoxy) is 1. The fourth-order valence-corrected chi connectivity index (χ4v) is 0.718. The molecule has 12 heavy (non-hydrogen) atoms. The largest absolute Gasteiger partial charge is 0.364 e. The first-order chi connectivity index (χ1) is 5.54. The average Bonchev–Trinajstić information content (AvgIpc) is 1.97. The lowest BCUT2D eigenvalue weighted by atomic mass is 10.3. The van der Waals surface area contributed by atoms with E-state index in [-0.39, 0.29) is 0 Å². The number of nitrogens with zero attached hydrogens (tertiary/aromatic N) is 1. The van der Waals surface area contributed by atoms with Crippen LogP contribution in [0.5, 0.6) is 0 Å². The lowest BCUT2D eigenvalue weighted by molar-refractivity contribution is -0.0732. The highest BCUT2D eigenvalue weighted by molar-refractivity contribution is 4.91. The molecule has 1 unspecified atom stereocenters. The highest BCUT2D eigenvalue weighted by Crippen LogP contribution is 1.99. The molecule has 0 aliphatic rings. The molecule has 0 spiro atoms. The van der Waals surface area contributed by atoms with Crippen molar-refractivity contribution in [3.05, 3.63) is 12.2 Å². The SMILES string of the molecule is C=C(C)C(O)OCCCN(C)C. The van der Waals surface area contributed by atoms with Crippen molar-refractivity contribution >= 4 is 0 Å². The maximum Gasteiger partial charge on any atom is 0.176 e. The Morgan fingerprint density at radius 3 is 2.58 bits per heavy atom. The maximum atomic E-state index is 9.16. The van der Waals surface area contributed by atoms with Crippen LogP contribution in [0.15, 0.2) is 12.2 Å². The zero-order valence-corrected chi connectivity index (χ0v) is 8.21. The molecule has 0 heterocycles. The molecule has 1 atom stereocenters. The minimum Gasteiger partial charge on any atom is -0.364 e. The van der Waals surface area contributed by atoms with E-state index in [0.29, 0.717) is 12.2 Å². The predicted molar refractivity (Wildman–Crippen MR) is 49.9 cm³/mol. The molecule has 0 aliphatic heterocycles. The van der Waals surface area contributed by atoms with Gasteiger partial charge in [-0.25, -0.2) is 0 Å². The van der Waals surface area contributed by atoms with E-state index in [1.165, 1.54) is 0 Å². The Labute approximate surface area is 74.6 Å². The molecule has 0 aromatic rings. The second-order valence-electron chi connectivity index (χ2n) is 3.23. The Bertz CT molecular complexity index is 134. The number of hydrogen-bond donors (Lipinski definition) is 1. The number of rotatable bonds is 6. The summed E-state index contributed by atoms with van der Waals surface area (Å²) in [6.07, 6.45) is 0.129. The molecule has 0 bridgehead atoms. The Balaban J connectivity index is 3.25. The zero-order valence-electron chi connectivity index (χ0n) is 8.21. The fraction of sp³-hybridized carbons (Fsp3) is 0.778. The Morgan fingerprint density at radius 2 is 2.17 bits per heavy atom.